The minimum Gasteiger partial charge on any atom is -0.380 e. The van der Waals surface area contributed by atoms with Crippen molar-refractivity contribution < 1.29 is 9.53 Å². The number of hydrogen-bond acceptors (Lipinski definition) is 7. The van der Waals surface area contributed by atoms with Crippen LogP contribution in [0.25, 0.3) is 27.7 Å². The summed E-state index contributed by atoms with van der Waals surface area (Å²) in [7, 11) is 3.74. The van der Waals surface area contributed by atoms with Crippen LogP contribution in [0.2, 0.25) is 0 Å². The second kappa shape index (κ2) is 10.3. The molecule has 1 saturated heterocycles. The zero-order chi connectivity index (χ0) is 27.0. The SMILES string of the molecule is COCc1ccc(-n2cnc3cc(-c4cccnc4)ccc3c2=O)cc1NC(=O)C1(N2CCN(C)CC2)CC1. The summed E-state index contributed by atoms with van der Waals surface area (Å²) in [6.45, 7) is 4.03. The Morgan fingerprint density at radius 2 is 1.87 bits per heavy atom. The number of pyridine rings is 1. The van der Waals surface area contributed by atoms with E-state index in [1.165, 1.54) is 4.57 Å². The molecular formula is C30H32N6O3. The first-order chi connectivity index (χ1) is 19.0. The molecule has 0 bridgehead atoms. The maximum atomic E-state index is 13.6. The van der Waals surface area contributed by atoms with E-state index in [1.54, 1.807) is 31.9 Å². The summed E-state index contributed by atoms with van der Waals surface area (Å²) in [4.78, 5) is 40.5. The first-order valence-electron chi connectivity index (χ1n) is 13.3. The maximum Gasteiger partial charge on any atom is 0.265 e. The number of ether oxygens (including phenoxy) is 1. The van der Waals surface area contributed by atoms with Crippen molar-refractivity contribution in [1.82, 2.24) is 24.3 Å². The Morgan fingerprint density at radius 1 is 1.05 bits per heavy atom. The van der Waals surface area contributed by atoms with Crippen molar-refractivity contribution in [2.24, 2.45) is 0 Å². The van der Waals surface area contributed by atoms with Crippen molar-refractivity contribution in [3.63, 3.8) is 0 Å². The van der Waals surface area contributed by atoms with Gasteiger partial charge in [-0.2, -0.15) is 0 Å². The maximum absolute atomic E-state index is 13.6. The summed E-state index contributed by atoms with van der Waals surface area (Å²) in [5, 5.41) is 3.70. The van der Waals surface area contributed by atoms with E-state index in [0.717, 1.165) is 55.7 Å². The minimum atomic E-state index is -0.449. The normalized spacial score (nSPS) is 17.3. The largest absolute Gasteiger partial charge is 0.380 e. The number of piperazine rings is 1. The predicted molar refractivity (Wildman–Crippen MR) is 151 cm³/mol. The fourth-order valence-corrected chi connectivity index (χ4v) is 5.41. The lowest BCUT2D eigenvalue weighted by Gasteiger charge is -2.37. The van der Waals surface area contributed by atoms with Crippen LogP contribution in [0.5, 0.6) is 0 Å². The van der Waals surface area contributed by atoms with Crippen LogP contribution in [-0.2, 0) is 16.1 Å². The lowest BCUT2D eigenvalue weighted by Crippen LogP contribution is -2.54. The van der Waals surface area contributed by atoms with Gasteiger partial charge in [0, 0.05) is 62.5 Å². The van der Waals surface area contributed by atoms with Crippen LogP contribution in [0.15, 0.2) is 72.0 Å². The van der Waals surface area contributed by atoms with E-state index in [9.17, 15) is 9.59 Å². The number of anilines is 1. The molecule has 1 saturated carbocycles. The fourth-order valence-electron chi connectivity index (χ4n) is 5.41. The molecule has 6 rings (SSSR count). The molecule has 0 radical (unpaired) electrons. The second-order valence-electron chi connectivity index (χ2n) is 10.4. The molecule has 2 aromatic carbocycles. The van der Waals surface area contributed by atoms with Gasteiger partial charge in [-0.15, -0.1) is 0 Å². The molecule has 9 nitrogen and oxygen atoms in total. The van der Waals surface area contributed by atoms with Crippen LogP contribution >= 0.6 is 0 Å². The lowest BCUT2D eigenvalue weighted by molar-refractivity contribution is -0.123. The van der Waals surface area contributed by atoms with Gasteiger partial charge in [-0.25, -0.2) is 4.98 Å². The van der Waals surface area contributed by atoms with Crippen LogP contribution < -0.4 is 10.9 Å². The number of benzene rings is 2. The van der Waals surface area contributed by atoms with E-state index in [-0.39, 0.29) is 11.5 Å². The van der Waals surface area contributed by atoms with Crippen molar-refractivity contribution in [3.8, 4) is 16.8 Å². The summed E-state index contributed by atoms with van der Waals surface area (Å²) in [6.07, 6.45) is 6.78. The van der Waals surface area contributed by atoms with Crippen molar-refractivity contribution in [2.75, 3.05) is 45.7 Å². The van der Waals surface area contributed by atoms with Crippen molar-refractivity contribution in [3.05, 3.63) is 83.2 Å². The Bertz CT molecular complexity index is 1570. The highest BCUT2D eigenvalue weighted by Gasteiger charge is 2.54. The van der Waals surface area contributed by atoms with Crippen LogP contribution in [0, 0.1) is 0 Å². The molecule has 4 aromatic rings. The number of amides is 1. The van der Waals surface area contributed by atoms with Crippen molar-refractivity contribution in [2.45, 2.75) is 25.0 Å². The number of rotatable bonds is 7. The highest BCUT2D eigenvalue weighted by Crippen LogP contribution is 2.43. The van der Waals surface area contributed by atoms with Gasteiger partial charge < -0.3 is 15.0 Å². The molecule has 39 heavy (non-hydrogen) atoms. The molecular weight excluding hydrogens is 492 g/mol. The van der Waals surface area contributed by atoms with Gasteiger partial charge in [0.2, 0.25) is 5.91 Å². The molecule has 0 spiro atoms. The fraction of sp³-hybridized carbons (Fsp3) is 0.333. The smallest absolute Gasteiger partial charge is 0.265 e. The first kappa shape index (κ1) is 25.4. The summed E-state index contributed by atoms with van der Waals surface area (Å²) in [5.41, 5.74) is 4.04. The van der Waals surface area contributed by atoms with Gasteiger partial charge >= 0.3 is 0 Å². The molecule has 0 unspecified atom stereocenters. The monoisotopic (exact) mass is 524 g/mol. The molecule has 2 fully saturated rings. The van der Waals surface area contributed by atoms with E-state index in [4.69, 9.17) is 4.74 Å². The molecule has 1 aliphatic carbocycles. The van der Waals surface area contributed by atoms with Gasteiger partial charge in [-0.05, 0) is 55.8 Å². The van der Waals surface area contributed by atoms with Crippen LogP contribution in [0.1, 0.15) is 18.4 Å². The second-order valence-corrected chi connectivity index (χ2v) is 10.4. The summed E-state index contributed by atoms with van der Waals surface area (Å²) in [5.74, 6) is 0.00784. The molecule has 3 heterocycles. The third-order valence-corrected chi connectivity index (χ3v) is 7.93. The van der Waals surface area contributed by atoms with Gasteiger partial charge in [-0.3, -0.25) is 24.0 Å². The van der Waals surface area contributed by atoms with E-state index >= 15 is 0 Å². The van der Waals surface area contributed by atoms with Crippen LogP contribution in [0.4, 0.5) is 5.69 Å². The van der Waals surface area contributed by atoms with Gasteiger partial charge in [0.15, 0.2) is 0 Å². The van der Waals surface area contributed by atoms with Gasteiger partial charge in [0.05, 0.1) is 23.2 Å². The quantitative estimate of drug-likeness (QED) is 0.397. The standard InChI is InChI=1S/C30H32N6O3/c1-34-12-14-35(15-13-34)30(9-10-30)29(38)33-26-17-24(7-5-23(26)19-39-2)36-20-32-27-16-21(6-8-25(27)28(36)37)22-4-3-11-31-18-22/h3-8,11,16-18,20H,9-10,12-15,19H2,1-2H3,(H,33,38). The summed E-state index contributed by atoms with van der Waals surface area (Å²) >= 11 is 0. The number of carbonyl (C=O) groups excluding carboxylic acids is 1. The van der Waals surface area contributed by atoms with Gasteiger partial charge in [0.1, 0.15) is 11.9 Å². The van der Waals surface area contributed by atoms with E-state index in [1.807, 2.05) is 42.5 Å². The molecule has 0 atom stereocenters. The number of methoxy groups -OCH3 is 1. The number of aromatic nitrogens is 3. The number of nitrogens with one attached hydrogen (secondary N) is 1. The summed E-state index contributed by atoms with van der Waals surface area (Å²) in [6, 6.07) is 15.1. The zero-order valence-electron chi connectivity index (χ0n) is 22.3. The van der Waals surface area contributed by atoms with Crippen LogP contribution in [0.3, 0.4) is 0 Å². The molecule has 9 heteroatoms. The molecule has 1 N–H and O–H groups in total. The molecule has 200 valence electrons. The van der Waals surface area contributed by atoms with E-state index in [2.05, 4.69) is 32.1 Å². The van der Waals surface area contributed by atoms with Crippen molar-refractivity contribution in [1.29, 1.82) is 0 Å². The summed E-state index contributed by atoms with van der Waals surface area (Å²) < 4.78 is 6.92. The lowest BCUT2D eigenvalue weighted by atomic mass is 10.1. The van der Waals surface area contributed by atoms with E-state index < -0.39 is 5.54 Å². The number of nitrogens with zero attached hydrogens (tertiary/aromatic N) is 5. The molecule has 2 aromatic heterocycles. The van der Waals surface area contributed by atoms with Gasteiger partial charge in [-0.1, -0.05) is 18.2 Å². The predicted octanol–water partition coefficient (Wildman–Crippen LogP) is 3.31. The average molecular weight is 525 g/mol. The Labute approximate surface area is 227 Å². The molecule has 1 aliphatic heterocycles. The number of fused-ring (bicyclic) bond motifs is 1. The molecule has 1 amide bonds. The Balaban J connectivity index is 1.31. The Morgan fingerprint density at radius 3 is 2.59 bits per heavy atom. The Hall–Kier alpha value is -3.92. The minimum absolute atomic E-state index is 0.00784. The third kappa shape index (κ3) is 4.85. The molecule has 2 aliphatic rings. The number of likely N-dealkylation sites (N-methyl/N-ethyl adjacent to an activating group) is 1. The Kier molecular flexibility index (Phi) is 6.72. The average Bonchev–Trinajstić information content (AvgIpc) is 3.77. The van der Waals surface area contributed by atoms with Crippen molar-refractivity contribution >= 4 is 22.5 Å². The highest BCUT2D eigenvalue weighted by molar-refractivity contribution is 6.01. The van der Waals surface area contributed by atoms with E-state index in [0.29, 0.717) is 28.9 Å². The number of carbonyl (C=O) groups is 1. The van der Waals surface area contributed by atoms with Gasteiger partial charge in [0.25, 0.3) is 5.56 Å². The van der Waals surface area contributed by atoms with Crippen LogP contribution in [-0.4, -0.2) is 76.1 Å². The first-order valence-corrected chi connectivity index (χ1v) is 13.3. The number of hydrogen-bond donors (Lipinski definition) is 1. The zero-order valence-corrected chi connectivity index (χ0v) is 22.3. The highest BCUT2D eigenvalue weighted by atomic mass is 16.5. The third-order valence-electron chi connectivity index (χ3n) is 7.93. The topological polar surface area (TPSA) is 92.6 Å².